The zero-order valence-electron chi connectivity index (χ0n) is 10.9. The van der Waals surface area contributed by atoms with Gasteiger partial charge >= 0.3 is 0 Å². The second-order valence-corrected chi connectivity index (χ2v) is 4.92. The Labute approximate surface area is 98.9 Å². The second-order valence-electron chi connectivity index (χ2n) is 4.92. The fraction of sp³-hybridized carbons (Fsp3) is 0.769. The number of allylic oxidation sites excluding steroid dienone is 1. The summed E-state index contributed by atoms with van der Waals surface area (Å²) in [6.07, 6.45) is 6.56. The van der Waals surface area contributed by atoms with Crippen molar-refractivity contribution < 1.29 is 4.79 Å². The number of carbonyl (C=O) groups is 1. The summed E-state index contributed by atoms with van der Waals surface area (Å²) in [5, 5.41) is 2.75. The van der Waals surface area contributed by atoms with E-state index in [0.29, 0.717) is 12.0 Å². The molecule has 0 aliphatic carbocycles. The van der Waals surface area contributed by atoms with E-state index in [2.05, 4.69) is 37.1 Å². The number of nitrogens with zero attached hydrogens (tertiary/aromatic N) is 1. The van der Waals surface area contributed by atoms with Crippen LogP contribution in [-0.4, -0.2) is 36.5 Å². The van der Waals surface area contributed by atoms with Crippen molar-refractivity contribution in [1.82, 2.24) is 10.2 Å². The van der Waals surface area contributed by atoms with Crippen LogP contribution in [0.25, 0.3) is 0 Å². The lowest BCUT2D eigenvalue weighted by Crippen LogP contribution is -2.46. The molecule has 2 atom stereocenters. The molecular weight excluding hydrogens is 200 g/mol. The fourth-order valence-corrected chi connectivity index (χ4v) is 2.19. The Morgan fingerprint density at radius 2 is 2.12 bits per heavy atom. The maximum Gasteiger partial charge on any atom is 0.241 e. The Kier molecular flexibility index (Phi) is 5.00. The lowest BCUT2D eigenvalue weighted by atomic mass is 10.1. The highest BCUT2D eigenvalue weighted by molar-refractivity contribution is 5.83. The highest BCUT2D eigenvalue weighted by Gasteiger charge is 2.30. The molecule has 1 N–H and O–H groups in total. The Morgan fingerprint density at radius 1 is 1.44 bits per heavy atom. The zero-order valence-corrected chi connectivity index (χ0v) is 10.9. The molecule has 1 fully saturated rings. The van der Waals surface area contributed by atoms with Crippen molar-refractivity contribution >= 4 is 5.91 Å². The maximum absolute atomic E-state index is 11.9. The SMILES string of the molecule is CNC(=O)C(/C=C/C(C)C)N1CCC[C@H]1C. The van der Waals surface area contributed by atoms with Gasteiger partial charge in [-0.3, -0.25) is 9.69 Å². The standard InChI is InChI=1S/C13H24N2O/c1-10(2)7-8-12(13(16)14-4)15-9-5-6-11(15)3/h7-8,10-12H,5-6,9H2,1-4H3,(H,14,16)/b8-7+/t11-,12?/m1/s1. The van der Waals surface area contributed by atoms with Gasteiger partial charge in [-0.15, -0.1) is 0 Å². The molecule has 1 aliphatic rings. The third-order valence-corrected chi connectivity index (χ3v) is 3.15. The summed E-state index contributed by atoms with van der Waals surface area (Å²) in [5.74, 6) is 0.593. The van der Waals surface area contributed by atoms with Crippen molar-refractivity contribution in [3.8, 4) is 0 Å². The number of likely N-dealkylation sites (N-methyl/N-ethyl adjacent to an activating group) is 1. The first-order valence-electron chi connectivity index (χ1n) is 6.22. The Hall–Kier alpha value is -0.830. The van der Waals surface area contributed by atoms with E-state index in [1.807, 2.05) is 6.08 Å². The van der Waals surface area contributed by atoms with Gasteiger partial charge in [-0.1, -0.05) is 26.0 Å². The first kappa shape index (κ1) is 13.2. The molecule has 1 unspecified atom stereocenters. The molecule has 0 aromatic carbocycles. The lowest BCUT2D eigenvalue weighted by Gasteiger charge is -2.27. The number of amides is 1. The van der Waals surface area contributed by atoms with Crippen LogP contribution in [-0.2, 0) is 4.79 Å². The molecule has 3 heteroatoms. The van der Waals surface area contributed by atoms with Gasteiger partial charge in [0.1, 0.15) is 6.04 Å². The van der Waals surface area contributed by atoms with Crippen LogP contribution < -0.4 is 5.32 Å². The summed E-state index contributed by atoms with van der Waals surface area (Å²) in [7, 11) is 1.71. The van der Waals surface area contributed by atoms with Crippen molar-refractivity contribution in [3.63, 3.8) is 0 Å². The average molecular weight is 224 g/mol. The summed E-state index contributed by atoms with van der Waals surface area (Å²) in [4.78, 5) is 14.1. The second kappa shape index (κ2) is 6.04. The topological polar surface area (TPSA) is 32.3 Å². The smallest absolute Gasteiger partial charge is 0.241 e. The van der Waals surface area contributed by atoms with Gasteiger partial charge in [-0.05, 0) is 32.2 Å². The summed E-state index contributed by atoms with van der Waals surface area (Å²) in [6.45, 7) is 7.49. The fourth-order valence-electron chi connectivity index (χ4n) is 2.19. The molecule has 16 heavy (non-hydrogen) atoms. The Morgan fingerprint density at radius 3 is 2.56 bits per heavy atom. The number of hydrogen-bond donors (Lipinski definition) is 1. The predicted molar refractivity (Wildman–Crippen MR) is 67.2 cm³/mol. The van der Waals surface area contributed by atoms with Crippen LogP contribution in [0.3, 0.4) is 0 Å². The van der Waals surface area contributed by atoms with Gasteiger partial charge in [0, 0.05) is 13.1 Å². The van der Waals surface area contributed by atoms with Crippen LogP contribution in [0.4, 0.5) is 0 Å². The zero-order chi connectivity index (χ0) is 12.1. The minimum Gasteiger partial charge on any atom is -0.358 e. The van der Waals surface area contributed by atoms with E-state index in [1.165, 1.54) is 12.8 Å². The molecule has 1 amide bonds. The van der Waals surface area contributed by atoms with Crippen LogP contribution in [0.2, 0.25) is 0 Å². The minimum atomic E-state index is -0.0927. The molecule has 3 nitrogen and oxygen atoms in total. The van der Waals surface area contributed by atoms with E-state index in [9.17, 15) is 4.79 Å². The van der Waals surface area contributed by atoms with E-state index < -0.39 is 0 Å². The predicted octanol–water partition coefficient (Wildman–Crippen LogP) is 1.80. The van der Waals surface area contributed by atoms with Gasteiger partial charge < -0.3 is 5.32 Å². The largest absolute Gasteiger partial charge is 0.358 e. The van der Waals surface area contributed by atoms with Gasteiger partial charge in [-0.25, -0.2) is 0 Å². The van der Waals surface area contributed by atoms with Gasteiger partial charge in [0.2, 0.25) is 5.91 Å². The lowest BCUT2D eigenvalue weighted by molar-refractivity contribution is -0.124. The molecule has 1 aliphatic heterocycles. The molecule has 0 bridgehead atoms. The van der Waals surface area contributed by atoms with E-state index in [-0.39, 0.29) is 11.9 Å². The number of carbonyl (C=O) groups excluding carboxylic acids is 1. The summed E-state index contributed by atoms with van der Waals surface area (Å²) < 4.78 is 0. The van der Waals surface area contributed by atoms with Crippen molar-refractivity contribution in [2.45, 2.75) is 45.7 Å². The summed E-state index contributed by atoms with van der Waals surface area (Å²) in [6, 6.07) is 0.420. The van der Waals surface area contributed by atoms with Crippen molar-refractivity contribution in [2.24, 2.45) is 5.92 Å². The number of likely N-dealkylation sites (tertiary alicyclic amines) is 1. The number of hydrogen-bond acceptors (Lipinski definition) is 2. The molecule has 1 heterocycles. The van der Waals surface area contributed by atoms with Crippen molar-refractivity contribution in [2.75, 3.05) is 13.6 Å². The molecule has 0 radical (unpaired) electrons. The summed E-state index contributed by atoms with van der Waals surface area (Å²) in [5.41, 5.74) is 0. The van der Waals surface area contributed by atoms with Crippen LogP contribution in [0.5, 0.6) is 0 Å². The van der Waals surface area contributed by atoms with E-state index in [1.54, 1.807) is 7.05 Å². The van der Waals surface area contributed by atoms with Gasteiger partial charge in [0.05, 0.1) is 0 Å². The van der Waals surface area contributed by atoms with Gasteiger partial charge in [-0.2, -0.15) is 0 Å². The molecule has 0 aromatic heterocycles. The third kappa shape index (κ3) is 3.34. The summed E-state index contributed by atoms with van der Waals surface area (Å²) >= 11 is 0. The van der Waals surface area contributed by atoms with E-state index >= 15 is 0 Å². The number of nitrogens with one attached hydrogen (secondary N) is 1. The maximum atomic E-state index is 11.9. The third-order valence-electron chi connectivity index (χ3n) is 3.15. The van der Waals surface area contributed by atoms with Crippen LogP contribution >= 0.6 is 0 Å². The van der Waals surface area contributed by atoms with Crippen molar-refractivity contribution in [1.29, 1.82) is 0 Å². The molecule has 0 spiro atoms. The van der Waals surface area contributed by atoms with Gasteiger partial charge in [0.25, 0.3) is 0 Å². The Bertz CT molecular complexity index is 261. The normalized spacial score (nSPS) is 24.2. The highest BCUT2D eigenvalue weighted by atomic mass is 16.2. The molecule has 1 saturated heterocycles. The quantitative estimate of drug-likeness (QED) is 0.739. The number of rotatable bonds is 4. The van der Waals surface area contributed by atoms with Crippen LogP contribution in [0, 0.1) is 5.92 Å². The van der Waals surface area contributed by atoms with Crippen LogP contribution in [0.15, 0.2) is 12.2 Å². The molecule has 1 rings (SSSR count). The Balaban J connectivity index is 2.74. The molecule has 0 aromatic rings. The molecule has 92 valence electrons. The average Bonchev–Trinajstić information content (AvgIpc) is 2.64. The van der Waals surface area contributed by atoms with Crippen LogP contribution in [0.1, 0.15) is 33.6 Å². The monoisotopic (exact) mass is 224 g/mol. The van der Waals surface area contributed by atoms with E-state index in [0.717, 1.165) is 6.54 Å². The van der Waals surface area contributed by atoms with E-state index in [4.69, 9.17) is 0 Å². The van der Waals surface area contributed by atoms with Gasteiger partial charge in [0.15, 0.2) is 0 Å². The highest BCUT2D eigenvalue weighted by Crippen LogP contribution is 2.20. The first-order chi connectivity index (χ1) is 7.56. The molecular formula is C13H24N2O. The first-order valence-corrected chi connectivity index (χ1v) is 6.22. The minimum absolute atomic E-state index is 0.0927. The molecule has 0 saturated carbocycles. The van der Waals surface area contributed by atoms with Crippen molar-refractivity contribution in [3.05, 3.63) is 12.2 Å².